The van der Waals surface area contributed by atoms with E-state index in [2.05, 4.69) is 4.90 Å². The molecule has 3 rings (SSSR count). The smallest absolute Gasteiger partial charge is 0.227 e. The van der Waals surface area contributed by atoms with E-state index in [9.17, 15) is 13.2 Å². The highest BCUT2D eigenvalue weighted by atomic mass is 32.2. The molecule has 0 spiro atoms. The molecule has 1 unspecified atom stereocenters. The molecule has 1 aromatic heterocycles. The Labute approximate surface area is 166 Å². The zero-order chi connectivity index (χ0) is 20.3. The number of hydrogen-bond donors (Lipinski definition) is 0. The van der Waals surface area contributed by atoms with Crippen molar-refractivity contribution in [2.24, 2.45) is 0 Å². The summed E-state index contributed by atoms with van der Waals surface area (Å²) in [7, 11) is 2.50. The van der Waals surface area contributed by atoms with Gasteiger partial charge in [0.25, 0.3) is 0 Å². The molecule has 2 heterocycles. The Hall–Kier alpha value is -2.06. The van der Waals surface area contributed by atoms with Crippen molar-refractivity contribution in [1.29, 1.82) is 0 Å². The Morgan fingerprint density at radius 3 is 2.71 bits per heavy atom. The van der Waals surface area contributed by atoms with Crippen LogP contribution in [-0.4, -0.2) is 76.0 Å². The maximum atomic E-state index is 13.1. The SMILES string of the molecule is COc1ccc2c(CC(=O)N(CCCN(C)C)C3CCS(=O)(=O)C3)coc2c1. The highest BCUT2D eigenvalue weighted by Gasteiger charge is 2.34. The maximum absolute atomic E-state index is 13.1. The lowest BCUT2D eigenvalue weighted by Gasteiger charge is -2.29. The molecule has 1 amide bonds. The van der Waals surface area contributed by atoms with Crippen molar-refractivity contribution in [3.63, 3.8) is 0 Å². The van der Waals surface area contributed by atoms with Crippen molar-refractivity contribution in [3.05, 3.63) is 30.0 Å². The third kappa shape index (κ3) is 4.86. The molecule has 1 aliphatic heterocycles. The average Bonchev–Trinajstić information content (AvgIpc) is 3.20. The van der Waals surface area contributed by atoms with Gasteiger partial charge in [-0.3, -0.25) is 4.79 Å². The summed E-state index contributed by atoms with van der Waals surface area (Å²) in [4.78, 5) is 16.9. The van der Waals surface area contributed by atoms with E-state index in [0.29, 0.717) is 24.3 Å². The van der Waals surface area contributed by atoms with Crippen LogP contribution >= 0.6 is 0 Å². The number of furan rings is 1. The predicted molar refractivity (Wildman–Crippen MR) is 108 cm³/mol. The number of methoxy groups -OCH3 is 1. The first kappa shape index (κ1) is 20.7. The molecule has 1 saturated heterocycles. The molecule has 8 heteroatoms. The Bertz CT molecular complexity index is 935. The summed E-state index contributed by atoms with van der Waals surface area (Å²) in [5.74, 6) is 0.855. The van der Waals surface area contributed by atoms with Gasteiger partial charge in [0.05, 0.1) is 31.3 Å². The minimum Gasteiger partial charge on any atom is -0.497 e. The summed E-state index contributed by atoms with van der Waals surface area (Å²) in [5.41, 5.74) is 1.48. The summed E-state index contributed by atoms with van der Waals surface area (Å²) >= 11 is 0. The fraction of sp³-hybridized carbons (Fsp3) is 0.550. The van der Waals surface area contributed by atoms with E-state index in [1.807, 2.05) is 26.2 Å². The van der Waals surface area contributed by atoms with Gasteiger partial charge in [0, 0.05) is 29.6 Å². The number of benzene rings is 1. The lowest BCUT2D eigenvalue weighted by atomic mass is 10.1. The molecule has 0 aliphatic carbocycles. The van der Waals surface area contributed by atoms with E-state index in [-0.39, 0.29) is 29.9 Å². The molecule has 28 heavy (non-hydrogen) atoms. The summed E-state index contributed by atoms with van der Waals surface area (Å²) in [5, 5.41) is 0.876. The maximum Gasteiger partial charge on any atom is 0.227 e. The molecule has 0 bridgehead atoms. The monoisotopic (exact) mass is 408 g/mol. The molecule has 2 aromatic rings. The summed E-state index contributed by atoms with van der Waals surface area (Å²) < 4.78 is 34.7. The van der Waals surface area contributed by atoms with Gasteiger partial charge in [-0.1, -0.05) is 0 Å². The molecule has 7 nitrogen and oxygen atoms in total. The van der Waals surface area contributed by atoms with Gasteiger partial charge in [-0.25, -0.2) is 8.42 Å². The lowest BCUT2D eigenvalue weighted by molar-refractivity contribution is -0.132. The van der Waals surface area contributed by atoms with Crippen LogP contribution in [0.4, 0.5) is 0 Å². The lowest BCUT2D eigenvalue weighted by Crippen LogP contribution is -2.43. The van der Waals surface area contributed by atoms with Crippen LogP contribution in [0.2, 0.25) is 0 Å². The van der Waals surface area contributed by atoms with Gasteiger partial charge in [0.15, 0.2) is 9.84 Å². The number of hydrogen-bond acceptors (Lipinski definition) is 6. The second-order valence-electron chi connectivity index (χ2n) is 7.60. The Morgan fingerprint density at radius 2 is 2.07 bits per heavy atom. The van der Waals surface area contributed by atoms with Crippen molar-refractivity contribution in [2.75, 3.05) is 45.8 Å². The largest absolute Gasteiger partial charge is 0.497 e. The fourth-order valence-electron chi connectivity index (χ4n) is 3.68. The molecule has 0 saturated carbocycles. The van der Waals surface area contributed by atoms with Crippen molar-refractivity contribution >= 4 is 26.7 Å². The first-order valence-corrected chi connectivity index (χ1v) is 11.3. The Kier molecular flexibility index (Phi) is 6.30. The number of sulfone groups is 1. The standard InChI is InChI=1S/C20H28N2O5S/c1-21(2)8-4-9-22(16-7-10-28(24,25)14-16)20(23)11-15-13-27-19-12-17(26-3)5-6-18(15)19/h5-6,12-13,16H,4,7-11,14H2,1-3H3. The molecule has 0 N–H and O–H groups in total. The van der Waals surface area contributed by atoms with Crippen molar-refractivity contribution in [2.45, 2.75) is 25.3 Å². The number of ether oxygens (including phenoxy) is 1. The van der Waals surface area contributed by atoms with Crippen molar-refractivity contribution < 1.29 is 22.4 Å². The van der Waals surface area contributed by atoms with Crippen molar-refractivity contribution in [1.82, 2.24) is 9.80 Å². The number of carbonyl (C=O) groups excluding carboxylic acids is 1. The quantitative estimate of drug-likeness (QED) is 0.664. The van der Waals surface area contributed by atoms with Crippen LogP contribution in [0, 0.1) is 0 Å². The normalized spacial score (nSPS) is 18.6. The van der Waals surface area contributed by atoms with E-state index in [1.54, 1.807) is 24.3 Å². The van der Waals surface area contributed by atoms with Gasteiger partial charge in [0.2, 0.25) is 5.91 Å². The third-order valence-corrected chi connectivity index (χ3v) is 6.93. The summed E-state index contributed by atoms with van der Waals surface area (Å²) in [6, 6.07) is 5.28. The minimum absolute atomic E-state index is 0.0561. The Morgan fingerprint density at radius 1 is 1.29 bits per heavy atom. The number of fused-ring (bicyclic) bond motifs is 1. The zero-order valence-electron chi connectivity index (χ0n) is 16.7. The van der Waals surface area contributed by atoms with E-state index < -0.39 is 9.84 Å². The first-order chi connectivity index (χ1) is 13.3. The molecule has 0 radical (unpaired) electrons. The molecular weight excluding hydrogens is 380 g/mol. The summed E-state index contributed by atoms with van der Waals surface area (Å²) in [6.45, 7) is 1.40. The first-order valence-electron chi connectivity index (χ1n) is 9.48. The molecule has 1 aliphatic rings. The highest BCUT2D eigenvalue weighted by Crippen LogP contribution is 2.27. The van der Waals surface area contributed by atoms with Crippen LogP contribution in [-0.2, 0) is 21.1 Å². The molecule has 1 atom stereocenters. The minimum atomic E-state index is -3.06. The third-order valence-electron chi connectivity index (χ3n) is 5.18. The van der Waals surface area contributed by atoms with Gasteiger partial charge >= 0.3 is 0 Å². The van der Waals surface area contributed by atoms with Crippen LogP contribution in [0.15, 0.2) is 28.9 Å². The van der Waals surface area contributed by atoms with E-state index >= 15 is 0 Å². The average molecular weight is 409 g/mol. The van der Waals surface area contributed by atoms with Gasteiger partial charge in [-0.2, -0.15) is 0 Å². The fourth-order valence-corrected chi connectivity index (χ4v) is 5.41. The summed E-state index contributed by atoms with van der Waals surface area (Å²) in [6.07, 6.45) is 3.11. The molecule has 1 fully saturated rings. The van der Waals surface area contributed by atoms with Gasteiger partial charge in [0.1, 0.15) is 11.3 Å². The van der Waals surface area contributed by atoms with Gasteiger partial charge in [-0.05, 0) is 45.6 Å². The van der Waals surface area contributed by atoms with Crippen LogP contribution in [0.25, 0.3) is 11.0 Å². The Balaban J connectivity index is 1.76. The van der Waals surface area contributed by atoms with Crippen molar-refractivity contribution in [3.8, 4) is 5.75 Å². The van der Waals surface area contributed by atoms with Gasteiger partial charge < -0.3 is 19.0 Å². The van der Waals surface area contributed by atoms with Crippen LogP contribution in [0.3, 0.4) is 0 Å². The topological polar surface area (TPSA) is 80.1 Å². The predicted octanol–water partition coefficient (Wildman–Crippen LogP) is 1.95. The number of amides is 1. The second-order valence-corrected chi connectivity index (χ2v) is 9.83. The zero-order valence-corrected chi connectivity index (χ0v) is 17.5. The van der Waals surface area contributed by atoms with Crippen LogP contribution in [0.1, 0.15) is 18.4 Å². The number of carbonyl (C=O) groups is 1. The van der Waals surface area contributed by atoms with E-state index in [1.165, 1.54) is 0 Å². The highest BCUT2D eigenvalue weighted by molar-refractivity contribution is 7.91. The van der Waals surface area contributed by atoms with E-state index in [0.717, 1.165) is 23.9 Å². The van der Waals surface area contributed by atoms with Crippen LogP contribution in [0.5, 0.6) is 5.75 Å². The van der Waals surface area contributed by atoms with Crippen LogP contribution < -0.4 is 4.74 Å². The molecule has 154 valence electrons. The number of nitrogens with zero attached hydrogens (tertiary/aromatic N) is 2. The second kappa shape index (κ2) is 8.53. The molecule has 1 aromatic carbocycles. The molecular formula is C20H28N2O5S. The number of rotatable bonds is 8. The van der Waals surface area contributed by atoms with E-state index in [4.69, 9.17) is 9.15 Å². The van der Waals surface area contributed by atoms with Gasteiger partial charge in [-0.15, -0.1) is 0 Å².